The van der Waals surface area contributed by atoms with Crippen molar-refractivity contribution in [3.05, 3.63) is 42.1 Å². The van der Waals surface area contributed by atoms with E-state index in [0.717, 1.165) is 31.7 Å². The zero-order chi connectivity index (χ0) is 18.9. The zero-order valence-electron chi connectivity index (χ0n) is 15.1. The second-order valence-corrected chi connectivity index (χ2v) is 7.17. The molecule has 8 heteroatoms. The molecule has 0 aromatic carbocycles. The Morgan fingerprint density at radius 3 is 2.96 bits per heavy atom. The Kier molecular flexibility index (Phi) is 4.63. The molecule has 1 aliphatic carbocycles. The Morgan fingerprint density at radius 1 is 1.37 bits per heavy atom. The van der Waals surface area contributed by atoms with E-state index in [1.54, 1.807) is 18.3 Å². The highest BCUT2D eigenvalue weighted by molar-refractivity contribution is 5.96. The molecular formula is C19H21FN4O3. The summed E-state index contributed by atoms with van der Waals surface area (Å²) < 4.78 is 24.0. The van der Waals surface area contributed by atoms with Crippen LogP contribution in [0.4, 0.5) is 4.39 Å². The van der Waals surface area contributed by atoms with Gasteiger partial charge in [0.15, 0.2) is 5.82 Å². The lowest BCUT2D eigenvalue weighted by atomic mass is 9.82. The minimum absolute atomic E-state index is 0.0771. The Balaban J connectivity index is 1.49. The van der Waals surface area contributed by atoms with Crippen molar-refractivity contribution in [2.75, 3.05) is 26.8 Å². The van der Waals surface area contributed by atoms with Gasteiger partial charge < -0.3 is 14.4 Å². The van der Waals surface area contributed by atoms with Gasteiger partial charge in [-0.2, -0.15) is 0 Å². The Morgan fingerprint density at radius 2 is 2.19 bits per heavy atom. The molecule has 1 saturated heterocycles. The topological polar surface area (TPSA) is 77.4 Å². The summed E-state index contributed by atoms with van der Waals surface area (Å²) in [6.45, 7) is 1.71. The van der Waals surface area contributed by atoms with Crippen LogP contribution in [0, 0.1) is 17.2 Å². The molecule has 2 aromatic rings. The fourth-order valence-corrected chi connectivity index (χ4v) is 4.27. The molecule has 2 aromatic heterocycles. The molecule has 1 saturated carbocycles. The SMILES string of the molecule is COc1ncccc1C(=O)N1CC2CCCC2(COc2ncc(F)cn2)C1. The van der Waals surface area contributed by atoms with E-state index in [0.29, 0.717) is 37.1 Å². The predicted molar refractivity (Wildman–Crippen MR) is 94.0 cm³/mol. The van der Waals surface area contributed by atoms with Crippen molar-refractivity contribution in [3.63, 3.8) is 0 Å². The van der Waals surface area contributed by atoms with Crippen LogP contribution in [0.1, 0.15) is 29.6 Å². The van der Waals surface area contributed by atoms with E-state index in [2.05, 4.69) is 15.0 Å². The van der Waals surface area contributed by atoms with Gasteiger partial charge in [0.2, 0.25) is 5.88 Å². The van der Waals surface area contributed by atoms with Gasteiger partial charge in [-0.3, -0.25) is 4.79 Å². The van der Waals surface area contributed by atoms with Crippen LogP contribution in [0.25, 0.3) is 0 Å². The molecule has 0 bridgehead atoms. The first-order chi connectivity index (χ1) is 13.1. The summed E-state index contributed by atoms with van der Waals surface area (Å²) in [5.41, 5.74) is 0.348. The molecule has 0 spiro atoms. The molecule has 1 aliphatic heterocycles. The van der Waals surface area contributed by atoms with Gasteiger partial charge in [0.25, 0.3) is 5.91 Å². The predicted octanol–water partition coefficient (Wildman–Crippen LogP) is 2.34. The fourth-order valence-electron chi connectivity index (χ4n) is 4.27. The monoisotopic (exact) mass is 372 g/mol. The maximum atomic E-state index is 13.0. The lowest BCUT2D eigenvalue weighted by molar-refractivity contribution is 0.0738. The highest BCUT2D eigenvalue weighted by Crippen LogP contribution is 2.49. The summed E-state index contributed by atoms with van der Waals surface area (Å²) in [6, 6.07) is 3.63. The normalized spacial score (nSPS) is 23.9. The largest absolute Gasteiger partial charge is 0.480 e. The summed E-state index contributed by atoms with van der Waals surface area (Å²) in [7, 11) is 1.51. The van der Waals surface area contributed by atoms with Crippen LogP contribution in [0.5, 0.6) is 11.9 Å². The summed E-state index contributed by atoms with van der Waals surface area (Å²) in [4.78, 5) is 26.7. The van der Waals surface area contributed by atoms with E-state index in [1.807, 2.05) is 4.90 Å². The number of aromatic nitrogens is 3. The third-order valence-corrected chi connectivity index (χ3v) is 5.61. The second kappa shape index (κ2) is 7.09. The minimum atomic E-state index is -0.498. The molecule has 27 heavy (non-hydrogen) atoms. The number of pyridine rings is 1. The molecule has 0 radical (unpaired) electrons. The number of nitrogens with zero attached hydrogens (tertiary/aromatic N) is 4. The van der Waals surface area contributed by atoms with E-state index < -0.39 is 5.82 Å². The minimum Gasteiger partial charge on any atom is -0.480 e. The number of hydrogen-bond acceptors (Lipinski definition) is 6. The molecule has 2 atom stereocenters. The average Bonchev–Trinajstić information content (AvgIpc) is 3.24. The number of ether oxygens (including phenoxy) is 2. The Hall–Kier alpha value is -2.77. The van der Waals surface area contributed by atoms with Crippen molar-refractivity contribution < 1.29 is 18.7 Å². The first-order valence-corrected chi connectivity index (χ1v) is 9.00. The number of halogens is 1. The quantitative estimate of drug-likeness (QED) is 0.802. The number of carbonyl (C=O) groups excluding carboxylic acids is 1. The average molecular weight is 372 g/mol. The van der Waals surface area contributed by atoms with Crippen LogP contribution in [0.3, 0.4) is 0 Å². The number of likely N-dealkylation sites (tertiary alicyclic amines) is 1. The van der Waals surface area contributed by atoms with Crippen molar-refractivity contribution in [3.8, 4) is 11.9 Å². The first-order valence-electron chi connectivity index (χ1n) is 9.00. The van der Waals surface area contributed by atoms with Crippen molar-refractivity contribution in [1.29, 1.82) is 0 Å². The molecule has 142 valence electrons. The molecular weight excluding hydrogens is 351 g/mol. The zero-order valence-corrected chi connectivity index (χ0v) is 15.1. The summed E-state index contributed by atoms with van der Waals surface area (Å²) in [5, 5.41) is 0. The Labute approximate surface area is 156 Å². The number of rotatable bonds is 5. The van der Waals surface area contributed by atoms with Gasteiger partial charge in [0.1, 0.15) is 5.56 Å². The lowest BCUT2D eigenvalue weighted by Gasteiger charge is -2.28. The summed E-state index contributed by atoms with van der Waals surface area (Å²) >= 11 is 0. The van der Waals surface area contributed by atoms with Crippen molar-refractivity contribution in [2.24, 2.45) is 11.3 Å². The van der Waals surface area contributed by atoms with E-state index >= 15 is 0 Å². The van der Waals surface area contributed by atoms with Crippen molar-refractivity contribution >= 4 is 5.91 Å². The third-order valence-electron chi connectivity index (χ3n) is 5.61. The number of fused-ring (bicyclic) bond motifs is 1. The van der Waals surface area contributed by atoms with Crippen molar-refractivity contribution in [1.82, 2.24) is 19.9 Å². The van der Waals surface area contributed by atoms with Gasteiger partial charge in [0, 0.05) is 24.7 Å². The van der Waals surface area contributed by atoms with E-state index in [-0.39, 0.29) is 17.3 Å². The molecule has 1 amide bonds. The van der Waals surface area contributed by atoms with Gasteiger partial charge >= 0.3 is 6.01 Å². The van der Waals surface area contributed by atoms with Crippen LogP contribution in [0.15, 0.2) is 30.7 Å². The molecule has 2 fully saturated rings. The molecule has 7 nitrogen and oxygen atoms in total. The smallest absolute Gasteiger partial charge is 0.316 e. The second-order valence-electron chi connectivity index (χ2n) is 7.17. The molecule has 3 heterocycles. The number of amides is 1. The van der Waals surface area contributed by atoms with Crippen LogP contribution in [-0.4, -0.2) is 52.6 Å². The summed E-state index contributed by atoms with van der Waals surface area (Å²) in [5.74, 6) is 0.128. The van der Waals surface area contributed by atoms with Gasteiger partial charge in [-0.1, -0.05) is 6.42 Å². The van der Waals surface area contributed by atoms with Gasteiger partial charge in [0.05, 0.1) is 26.1 Å². The van der Waals surface area contributed by atoms with E-state index in [4.69, 9.17) is 9.47 Å². The summed E-state index contributed by atoms with van der Waals surface area (Å²) in [6.07, 6.45) is 6.92. The fraction of sp³-hybridized carbons (Fsp3) is 0.474. The van der Waals surface area contributed by atoms with Gasteiger partial charge in [-0.25, -0.2) is 19.3 Å². The molecule has 4 rings (SSSR count). The Bertz CT molecular complexity index is 832. The van der Waals surface area contributed by atoms with Gasteiger partial charge in [-0.05, 0) is 30.9 Å². The molecule has 2 aliphatic rings. The number of methoxy groups -OCH3 is 1. The maximum Gasteiger partial charge on any atom is 0.316 e. The maximum absolute atomic E-state index is 13.0. The molecule has 0 N–H and O–H groups in total. The van der Waals surface area contributed by atoms with Crippen LogP contribution in [0.2, 0.25) is 0 Å². The third kappa shape index (κ3) is 3.31. The van der Waals surface area contributed by atoms with Crippen LogP contribution < -0.4 is 9.47 Å². The lowest BCUT2D eigenvalue weighted by Crippen LogP contribution is -2.36. The van der Waals surface area contributed by atoms with E-state index in [1.165, 1.54) is 7.11 Å². The highest BCUT2D eigenvalue weighted by Gasteiger charge is 2.51. The van der Waals surface area contributed by atoms with Crippen LogP contribution in [-0.2, 0) is 0 Å². The number of hydrogen-bond donors (Lipinski definition) is 0. The molecule has 2 unspecified atom stereocenters. The highest BCUT2D eigenvalue weighted by atomic mass is 19.1. The number of carbonyl (C=O) groups is 1. The van der Waals surface area contributed by atoms with E-state index in [9.17, 15) is 9.18 Å². The van der Waals surface area contributed by atoms with Crippen LogP contribution >= 0.6 is 0 Å². The van der Waals surface area contributed by atoms with Gasteiger partial charge in [-0.15, -0.1) is 0 Å². The standard InChI is InChI=1S/C19H21FN4O3/c1-26-16-15(5-3-7-21-16)17(25)24-10-13-4-2-6-19(13,11-24)12-27-18-22-8-14(20)9-23-18/h3,5,7-9,13H,2,4,6,10-12H2,1H3. The van der Waals surface area contributed by atoms with Crippen molar-refractivity contribution in [2.45, 2.75) is 19.3 Å². The first kappa shape index (κ1) is 17.6.